The van der Waals surface area contributed by atoms with Crippen LogP contribution in [0, 0.1) is 0 Å². The number of aromatic carboxylic acids is 1. The van der Waals surface area contributed by atoms with Gasteiger partial charge in [-0.25, -0.2) is 4.79 Å². The van der Waals surface area contributed by atoms with Crippen LogP contribution in [0.1, 0.15) is 15.9 Å². The highest BCUT2D eigenvalue weighted by Crippen LogP contribution is 2.22. The van der Waals surface area contributed by atoms with Gasteiger partial charge in [-0.15, -0.1) is 0 Å². The molecule has 86 valence electrons. The fraction of sp³-hybridized carbons (Fsp3) is 0.0714. The Bertz CT molecular complexity index is 549. The van der Waals surface area contributed by atoms with E-state index < -0.39 is 5.97 Å². The lowest BCUT2D eigenvalue weighted by molar-refractivity contribution is 0.0697. The van der Waals surface area contributed by atoms with Crippen molar-refractivity contribution >= 4 is 21.9 Å². The first kappa shape index (κ1) is 11.9. The van der Waals surface area contributed by atoms with Crippen molar-refractivity contribution in [1.82, 2.24) is 0 Å². The van der Waals surface area contributed by atoms with Crippen LogP contribution in [0.5, 0.6) is 0 Å². The molecule has 2 nitrogen and oxygen atoms in total. The first-order chi connectivity index (χ1) is 8.20. The van der Waals surface area contributed by atoms with Gasteiger partial charge in [-0.2, -0.15) is 0 Å². The molecule has 2 rings (SSSR count). The smallest absolute Gasteiger partial charge is 0.335 e. The van der Waals surface area contributed by atoms with Crippen LogP contribution in [0.25, 0.3) is 11.1 Å². The van der Waals surface area contributed by atoms with Crippen LogP contribution in [-0.2, 0) is 5.33 Å². The molecule has 0 saturated heterocycles. The topological polar surface area (TPSA) is 37.3 Å². The normalized spacial score (nSPS) is 10.2. The minimum Gasteiger partial charge on any atom is -0.478 e. The molecule has 3 heteroatoms. The number of carboxylic acids is 1. The zero-order chi connectivity index (χ0) is 12.3. The van der Waals surface area contributed by atoms with Gasteiger partial charge in [-0.05, 0) is 28.8 Å². The number of halogens is 1. The van der Waals surface area contributed by atoms with Gasteiger partial charge in [0, 0.05) is 5.33 Å². The Morgan fingerprint density at radius 2 is 1.71 bits per heavy atom. The van der Waals surface area contributed by atoms with Gasteiger partial charge in [-0.3, -0.25) is 0 Å². The third kappa shape index (κ3) is 2.74. The summed E-state index contributed by atoms with van der Waals surface area (Å²) in [5.74, 6) is -0.900. The molecule has 0 amide bonds. The molecule has 17 heavy (non-hydrogen) atoms. The minimum absolute atomic E-state index is 0.312. The van der Waals surface area contributed by atoms with Crippen LogP contribution in [-0.4, -0.2) is 11.1 Å². The molecule has 0 aliphatic carbocycles. The predicted molar refractivity (Wildman–Crippen MR) is 71.5 cm³/mol. The maximum absolute atomic E-state index is 10.9. The van der Waals surface area contributed by atoms with Crippen LogP contribution >= 0.6 is 15.9 Å². The SMILES string of the molecule is O=C(O)c1cccc(-c2cccc(CBr)c2)c1. The van der Waals surface area contributed by atoms with Gasteiger partial charge in [-0.1, -0.05) is 52.3 Å². The monoisotopic (exact) mass is 290 g/mol. The second-order valence-electron chi connectivity index (χ2n) is 3.72. The molecule has 0 atom stereocenters. The Balaban J connectivity index is 2.45. The third-order valence-electron chi connectivity index (χ3n) is 2.52. The van der Waals surface area contributed by atoms with Crippen molar-refractivity contribution in [3.63, 3.8) is 0 Å². The lowest BCUT2D eigenvalue weighted by atomic mass is 10.0. The Kier molecular flexibility index (Phi) is 3.59. The average Bonchev–Trinajstić information content (AvgIpc) is 2.39. The van der Waals surface area contributed by atoms with Crippen LogP contribution in [0.3, 0.4) is 0 Å². The number of benzene rings is 2. The number of carboxylic acid groups (broad SMARTS) is 1. The number of hydrogen-bond acceptors (Lipinski definition) is 1. The van der Waals surface area contributed by atoms with E-state index in [0.29, 0.717) is 5.56 Å². The molecule has 0 bridgehead atoms. The molecule has 2 aromatic carbocycles. The van der Waals surface area contributed by atoms with Crippen LogP contribution in [0.15, 0.2) is 48.5 Å². The quantitative estimate of drug-likeness (QED) is 0.869. The fourth-order valence-corrected chi connectivity index (χ4v) is 2.01. The van der Waals surface area contributed by atoms with Crippen molar-refractivity contribution in [2.75, 3.05) is 0 Å². The highest BCUT2D eigenvalue weighted by molar-refractivity contribution is 9.08. The van der Waals surface area contributed by atoms with Crippen molar-refractivity contribution < 1.29 is 9.90 Å². The molecular weight excluding hydrogens is 280 g/mol. The van der Waals surface area contributed by atoms with E-state index in [1.165, 1.54) is 5.56 Å². The number of carbonyl (C=O) groups is 1. The summed E-state index contributed by atoms with van der Waals surface area (Å²) in [5, 5.41) is 9.74. The van der Waals surface area contributed by atoms with Gasteiger partial charge < -0.3 is 5.11 Å². The summed E-state index contributed by atoms with van der Waals surface area (Å²) in [4.78, 5) is 10.9. The summed E-state index contributed by atoms with van der Waals surface area (Å²) in [6.07, 6.45) is 0. The lowest BCUT2D eigenvalue weighted by Crippen LogP contribution is -1.95. The molecule has 0 aliphatic heterocycles. The predicted octanol–water partition coefficient (Wildman–Crippen LogP) is 3.95. The summed E-state index contributed by atoms with van der Waals surface area (Å²) in [6, 6.07) is 15.0. The summed E-state index contributed by atoms with van der Waals surface area (Å²) < 4.78 is 0. The fourth-order valence-electron chi connectivity index (χ4n) is 1.67. The van der Waals surface area contributed by atoms with Crippen molar-refractivity contribution in [2.45, 2.75) is 5.33 Å². The van der Waals surface area contributed by atoms with E-state index >= 15 is 0 Å². The van der Waals surface area contributed by atoms with Gasteiger partial charge in [0.15, 0.2) is 0 Å². The summed E-state index contributed by atoms with van der Waals surface area (Å²) >= 11 is 3.41. The maximum Gasteiger partial charge on any atom is 0.335 e. The summed E-state index contributed by atoms with van der Waals surface area (Å²) in [6.45, 7) is 0. The molecule has 0 spiro atoms. The molecule has 2 aromatic rings. The van der Waals surface area contributed by atoms with Gasteiger partial charge in [0.05, 0.1) is 5.56 Å². The number of rotatable bonds is 3. The Morgan fingerprint density at radius 1 is 1.06 bits per heavy atom. The van der Waals surface area contributed by atoms with Crippen molar-refractivity contribution in [3.05, 3.63) is 59.7 Å². The van der Waals surface area contributed by atoms with Crippen LogP contribution < -0.4 is 0 Å². The molecule has 0 saturated carbocycles. The van der Waals surface area contributed by atoms with E-state index in [2.05, 4.69) is 22.0 Å². The number of hydrogen-bond donors (Lipinski definition) is 1. The average molecular weight is 291 g/mol. The molecule has 1 N–H and O–H groups in total. The van der Waals surface area contributed by atoms with Gasteiger partial charge in [0.25, 0.3) is 0 Å². The van der Waals surface area contributed by atoms with E-state index in [9.17, 15) is 4.79 Å². The van der Waals surface area contributed by atoms with Gasteiger partial charge in [0.1, 0.15) is 0 Å². The van der Waals surface area contributed by atoms with Crippen LogP contribution in [0.2, 0.25) is 0 Å². The second-order valence-corrected chi connectivity index (χ2v) is 4.28. The highest BCUT2D eigenvalue weighted by atomic mass is 79.9. The van der Waals surface area contributed by atoms with Crippen molar-refractivity contribution in [1.29, 1.82) is 0 Å². The summed E-state index contributed by atoms with van der Waals surface area (Å²) in [7, 11) is 0. The van der Waals surface area contributed by atoms with E-state index in [1.807, 2.05) is 24.3 Å². The molecule has 0 radical (unpaired) electrons. The molecule has 0 aliphatic rings. The highest BCUT2D eigenvalue weighted by Gasteiger charge is 2.04. The zero-order valence-corrected chi connectivity index (χ0v) is 10.6. The zero-order valence-electron chi connectivity index (χ0n) is 9.06. The minimum atomic E-state index is -0.900. The first-order valence-electron chi connectivity index (χ1n) is 5.19. The van der Waals surface area contributed by atoms with E-state index in [1.54, 1.807) is 18.2 Å². The van der Waals surface area contributed by atoms with E-state index in [4.69, 9.17) is 5.11 Å². The Morgan fingerprint density at radius 3 is 2.35 bits per heavy atom. The van der Waals surface area contributed by atoms with E-state index in [0.717, 1.165) is 16.5 Å². The molecular formula is C14H11BrO2. The Labute approximate surface area is 108 Å². The molecule has 0 unspecified atom stereocenters. The standard InChI is InChI=1S/C14H11BrO2/c15-9-10-3-1-4-11(7-10)12-5-2-6-13(8-12)14(16)17/h1-8H,9H2,(H,16,17). The largest absolute Gasteiger partial charge is 0.478 e. The molecule has 0 fully saturated rings. The maximum atomic E-state index is 10.9. The first-order valence-corrected chi connectivity index (χ1v) is 6.31. The third-order valence-corrected chi connectivity index (χ3v) is 3.17. The van der Waals surface area contributed by atoms with Gasteiger partial charge in [0.2, 0.25) is 0 Å². The van der Waals surface area contributed by atoms with E-state index in [-0.39, 0.29) is 0 Å². The number of alkyl halides is 1. The lowest BCUT2D eigenvalue weighted by Gasteiger charge is -2.04. The van der Waals surface area contributed by atoms with Crippen LogP contribution in [0.4, 0.5) is 0 Å². The molecule has 0 aromatic heterocycles. The van der Waals surface area contributed by atoms with Crippen molar-refractivity contribution in [2.24, 2.45) is 0 Å². The summed E-state index contributed by atoms with van der Waals surface area (Å²) in [5.41, 5.74) is 3.44. The van der Waals surface area contributed by atoms with Gasteiger partial charge >= 0.3 is 5.97 Å². The molecule has 0 heterocycles. The Hall–Kier alpha value is -1.61. The van der Waals surface area contributed by atoms with Crippen molar-refractivity contribution in [3.8, 4) is 11.1 Å². The second kappa shape index (κ2) is 5.15.